The van der Waals surface area contributed by atoms with E-state index in [1.54, 1.807) is 23.3 Å². The maximum Gasteiger partial charge on any atom is 0.291 e. The van der Waals surface area contributed by atoms with Crippen LogP contribution < -0.4 is 10.2 Å². The molecule has 7 nitrogen and oxygen atoms in total. The lowest BCUT2D eigenvalue weighted by Crippen LogP contribution is -2.38. The first-order valence-corrected chi connectivity index (χ1v) is 10.1. The van der Waals surface area contributed by atoms with Gasteiger partial charge >= 0.3 is 0 Å². The molecule has 3 rings (SSSR count). The zero-order valence-electron chi connectivity index (χ0n) is 18.6. The average Bonchev–Trinajstić information content (AvgIpc) is 3.40. The lowest BCUT2D eigenvalue weighted by atomic mass is 9.94. The van der Waals surface area contributed by atoms with E-state index in [-0.39, 0.29) is 17.6 Å². The van der Waals surface area contributed by atoms with Gasteiger partial charge in [-0.05, 0) is 48.0 Å². The molecule has 2 amide bonds. The van der Waals surface area contributed by atoms with Crippen molar-refractivity contribution in [3.63, 3.8) is 0 Å². The van der Waals surface area contributed by atoms with Crippen molar-refractivity contribution >= 4 is 23.2 Å². The van der Waals surface area contributed by atoms with E-state index in [4.69, 9.17) is 8.83 Å². The quantitative estimate of drug-likeness (QED) is 0.592. The summed E-state index contributed by atoms with van der Waals surface area (Å²) in [6, 6.07) is 12.6. The van der Waals surface area contributed by atoms with Crippen LogP contribution in [0.25, 0.3) is 0 Å². The van der Waals surface area contributed by atoms with E-state index in [0.29, 0.717) is 24.5 Å². The van der Waals surface area contributed by atoms with Crippen molar-refractivity contribution in [3.8, 4) is 0 Å². The molecule has 164 valence electrons. The second-order valence-electron chi connectivity index (χ2n) is 8.66. The molecule has 0 atom stereocenters. The van der Waals surface area contributed by atoms with Gasteiger partial charge in [0, 0.05) is 37.4 Å². The lowest BCUT2D eigenvalue weighted by molar-refractivity contribution is -0.141. The average molecular weight is 424 g/mol. The van der Waals surface area contributed by atoms with Gasteiger partial charge in [0.15, 0.2) is 5.76 Å². The summed E-state index contributed by atoms with van der Waals surface area (Å²) < 4.78 is 10.7. The van der Waals surface area contributed by atoms with Crippen molar-refractivity contribution in [2.75, 3.05) is 24.3 Å². The molecule has 0 spiro atoms. The number of amides is 2. The maximum absolute atomic E-state index is 13.2. The molecule has 0 fully saturated rings. The first-order chi connectivity index (χ1) is 14.6. The normalized spacial score (nSPS) is 11.3. The van der Waals surface area contributed by atoms with E-state index in [1.165, 1.54) is 6.26 Å². The fraction of sp³-hybridized carbons (Fsp3) is 0.333. The molecule has 1 aromatic carbocycles. The van der Waals surface area contributed by atoms with Crippen molar-refractivity contribution in [3.05, 3.63) is 72.1 Å². The molecule has 0 radical (unpaired) electrons. The number of hydrogen-bond donors (Lipinski definition) is 1. The number of furan rings is 2. The van der Waals surface area contributed by atoms with Gasteiger partial charge in [0.1, 0.15) is 5.76 Å². The van der Waals surface area contributed by atoms with E-state index in [1.807, 2.05) is 70.1 Å². The summed E-state index contributed by atoms with van der Waals surface area (Å²) in [5.41, 5.74) is 1.95. The Labute approximate surface area is 182 Å². The molecular formula is C24H29N3O4. The van der Waals surface area contributed by atoms with Crippen molar-refractivity contribution in [1.82, 2.24) is 4.90 Å². The summed E-state index contributed by atoms with van der Waals surface area (Å²) in [5, 5.41) is 2.86. The van der Waals surface area contributed by atoms with Crippen LogP contribution in [0.3, 0.4) is 0 Å². The minimum absolute atomic E-state index is 0.0126. The Kier molecular flexibility index (Phi) is 6.53. The van der Waals surface area contributed by atoms with Gasteiger partial charge in [-0.15, -0.1) is 0 Å². The molecule has 0 bridgehead atoms. The smallest absolute Gasteiger partial charge is 0.291 e. The number of rotatable bonds is 7. The molecule has 0 unspecified atom stereocenters. The van der Waals surface area contributed by atoms with Gasteiger partial charge in [-0.2, -0.15) is 0 Å². The number of nitrogens with zero attached hydrogens (tertiary/aromatic N) is 2. The van der Waals surface area contributed by atoms with Crippen LogP contribution >= 0.6 is 0 Å². The Morgan fingerprint density at radius 2 is 1.68 bits per heavy atom. The van der Waals surface area contributed by atoms with Crippen molar-refractivity contribution in [2.45, 2.75) is 33.9 Å². The monoisotopic (exact) mass is 423 g/mol. The predicted molar refractivity (Wildman–Crippen MR) is 120 cm³/mol. The summed E-state index contributed by atoms with van der Waals surface area (Å²) >= 11 is 0. The summed E-state index contributed by atoms with van der Waals surface area (Å²) in [7, 11) is 3.89. The second kappa shape index (κ2) is 9.12. The van der Waals surface area contributed by atoms with Gasteiger partial charge in [-0.1, -0.05) is 20.8 Å². The van der Waals surface area contributed by atoms with Crippen molar-refractivity contribution in [2.24, 2.45) is 5.41 Å². The summed E-state index contributed by atoms with van der Waals surface area (Å²) in [6.45, 7) is 6.43. The van der Waals surface area contributed by atoms with E-state index in [2.05, 4.69) is 5.32 Å². The molecule has 2 aromatic heterocycles. The number of carbonyl (C=O) groups is 2. The molecule has 0 aliphatic rings. The molecule has 0 aliphatic carbocycles. The van der Waals surface area contributed by atoms with Gasteiger partial charge in [0.05, 0.1) is 19.1 Å². The minimum atomic E-state index is -0.546. The predicted octanol–water partition coefficient (Wildman–Crippen LogP) is 4.77. The van der Waals surface area contributed by atoms with E-state index >= 15 is 0 Å². The SMILES string of the molecule is CN(C)c1ccc(NC(=O)c2ccco2)cc1CN(Cc1ccco1)C(=O)C(C)(C)C. The van der Waals surface area contributed by atoms with Crippen LogP contribution in [0.2, 0.25) is 0 Å². The van der Waals surface area contributed by atoms with Gasteiger partial charge < -0.3 is 24.0 Å². The fourth-order valence-electron chi connectivity index (χ4n) is 3.30. The summed E-state index contributed by atoms with van der Waals surface area (Å²) in [4.78, 5) is 29.3. The zero-order chi connectivity index (χ0) is 22.6. The van der Waals surface area contributed by atoms with Gasteiger partial charge in [0.25, 0.3) is 5.91 Å². The van der Waals surface area contributed by atoms with Crippen LogP contribution in [0.5, 0.6) is 0 Å². The molecule has 0 aliphatic heterocycles. The van der Waals surface area contributed by atoms with Crippen LogP contribution in [-0.4, -0.2) is 30.8 Å². The van der Waals surface area contributed by atoms with Gasteiger partial charge in [-0.3, -0.25) is 9.59 Å². The number of anilines is 2. The summed E-state index contributed by atoms with van der Waals surface area (Å²) in [5.74, 6) is 0.636. The third kappa shape index (κ3) is 5.57. The Balaban J connectivity index is 1.91. The topological polar surface area (TPSA) is 78.9 Å². The zero-order valence-corrected chi connectivity index (χ0v) is 18.6. The first kappa shape index (κ1) is 22.2. The highest BCUT2D eigenvalue weighted by Gasteiger charge is 2.28. The second-order valence-corrected chi connectivity index (χ2v) is 8.66. The Hall–Kier alpha value is -3.48. The highest BCUT2D eigenvalue weighted by molar-refractivity contribution is 6.02. The van der Waals surface area contributed by atoms with Crippen LogP contribution in [0.15, 0.2) is 63.8 Å². The third-order valence-corrected chi connectivity index (χ3v) is 4.78. The van der Waals surface area contributed by atoms with Crippen LogP contribution in [0.1, 0.15) is 42.6 Å². The molecule has 3 aromatic rings. The molecule has 7 heteroatoms. The Bertz CT molecular complexity index is 1020. The molecule has 2 heterocycles. The van der Waals surface area contributed by atoms with E-state index in [9.17, 15) is 9.59 Å². The largest absolute Gasteiger partial charge is 0.467 e. The standard InChI is InChI=1S/C24H29N3O4/c1-24(2,3)23(29)27(16-19-8-6-12-30-19)15-17-14-18(10-11-20(17)26(4)5)25-22(28)21-9-7-13-31-21/h6-14H,15-16H2,1-5H3,(H,25,28). The van der Waals surface area contributed by atoms with Crippen LogP contribution in [-0.2, 0) is 17.9 Å². The van der Waals surface area contributed by atoms with Crippen molar-refractivity contribution < 1.29 is 18.4 Å². The number of benzene rings is 1. The summed E-state index contributed by atoms with van der Waals surface area (Å²) in [6.07, 6.45) is 3.06. The first-order valence-electron chi connectivity index (χ1n) is 10.1. The number of hydrogen-bond acceptors (Lipinski definition) is 5. The highest BCUT2D eigenvalue weighted by atomic mass is 16.3. The Morgan fingerprint density at radius 3 is 2.26 bits per heavy atom. The number of carbonyl (C=O) groups excluding carboxylic acids is 2. The molecule has 0 saturated heterocycles. The van der Waals surface area contributed by atoms with Crippen molar-refractivity contribution in [1.29, 1.82) is 0 Å². The third-order valence-electron chi connectivity index (χ3n) is 4.78. The molecule has 1 N–H and O–H groups in total. The number of nitrogens with one attached hydrogen (secondary N) is 1. The minimum Gasteiger partial charge on any atom is -0.467 e. The fourth-order valence-corrected chi connectivity index (χ4v) is 3.30. The van der Waals surface area contributed by atoms with E-state index < -0.39 is 5.41 Å². The molecule has 31 heavy (non-hydrogen) atoms. The maximum atomic E-state index is 13.2. The lowest BCUT2D eigenvalue weighted by Gasteiger charge is -2.30. The van der Waals surface area contributed by atoms with Gasteiger partial charge in [-0.25, -0.2) is 0 Å². The molecule has 0 saturated carbocycles. The van der Waals surface area contributed by atoms with E-state index in [0.717, 1.165) is 11.3 Å². The highest BCUT2D eigenvalue weighted by Crippen LogP contribution is 2.28. The van der Waals surface area contributed by atoms with Crippen LogP contribution in [0, 0.1) is 5.41 Å². The Morgan fingerprint density at radius 1 is 0.968 bits per heavy atom. The van der Waals surface area contributed by atoms with Gasteiger partial charge in [0.2, 0.25) is 5.91 Å². The van der Waals surface area contributed by atoms with Crippen LogP contribution in [0.4, 0.5) is 11.4 Å². The molecular weight excluding hydrogens is 394 g/mol.